The average Bonchev–Trinajstić information content (AvgIpc) is 1.79. The fourth-order valence-corrected chi connectivity index (χ4v) is 0.603. The highest BCUT2D eigenvalue weighted by molar-refractivity contribution is 7.33. The molecule has 0 aliphatic heterocycles. The summed E-state index contributed by atoms with van der Waals surface area (Å²) in [6.07, 6.45) is -0.356. The zero-order valence-electron chi connectivity index (χ0n) is 5.09. The van der Waals surface area contributed by atoms with E-state index in [2.05, 4.69) is 15.5 Å². The summed E-state index contributed by atoms with van der Waals surface area (Å²) in [7, 11) is -3.19. The van der Waals surface area contributed by atoms with Gasteiger partial charge in [0.15, 0.2) is 6.61 Å². The van der Waals surface area contributed by atoms with Crippen molar-refractivity contribution in [2.24, 2.45) is 0 Å². The molecule has 0 aromatic heterocycles. The zero-order chi connectivity index (χ0) is 8.91. The molecular weight excluding hydrogens is 184 g/mol. The second-order valence-electron chi connectivity index (χ2n) is 1.24. The lowest BCUT2D eigenvalue weighted by Crippen LogP contribution is -2.08. The van der Waals surface area contributed by atoms with Crippen LogP contribution in [0.25, 0.3) is 0 Å². The van der Waals surface area contributed by atoms with Crippen LogP contribution in [0, 0.1) is 12.3 Å². The highest BCUT2D eigenvalue weighted by Gasteiger charge is 2.43. The van der Waals surface area contributed by atoms with Gasteiger partial charge in [-0.05, 0) is 4.52 Å². The predicted octanol–water partition coefficient (Wildman–Crippen LogP) is 1.83. The number of rotatable bonds is 3. The molecule has 0 aliphatic carbocycles. The summed E-state index contributed by atoms with van der Waals surface area (Å²) < 4.78 is 50.5. The van der Waals surface area contributed by atoms with Crippen LogP contribution in [-0.4, -0.2) is 13.0 Å². The van der Waals surface area contributed by atoms with E-state index in [4.69, 9.17) is 0 Å². The fourth-order valence-electron chi connectivity index (χ4n) is 0.201. The summed E-state index contributed by atoms with van der Waals surface area (Å²) in [6, 6.07) is 0. The molecule has 0 bridgehead atoms. The van der Waals surface area contributed by atoms with E-state index in [9.17, 15) is 17.7 Å². The molecule has 0 saturated heterocycles. The summed E-state index contributed by atoms with van der Waals surface area (Å²) in [6.45, 7) is -0.481. The lowest BCUT2D eigenvalue weighted by molar-refractivity contribution is -0.275. The van der Waals surface area contributed by atoms with E-state index in [1.807, 2.05) is 5.92 Å². The lowest BCUT2D eigenvalue weighted by Gasteiger charge is -1.92. The topological polar surface area (TPSA) is 35.5 Å². The first kappa shape index (κ1) is 10.4. The number of alkyl halides is 3. The maximum Gasteiger partial charge on any atom is 0.707 e. The Morgan fingerprint density at radius 2 is 2.09 bits per heavy atom. The highest BCUT2D eigenvalue weighted by atomic mass is 31.1. The van der Waals surface area contributed by atoms with E-state index in [-0.39, 0.29) is 0 Å². The molecular formula is C4H3F3O3P+. The molecule has 62 valence electrons. The van der Waals surface area contributed by atoms with Gasteiger partial charge in [0.2, 0.25) is 0 Å². The second kappa shape index (κ2) is 4.29. The van der Waals surface area contributed by atoms with Crippen molar-refractivity contribution < 1.29 is 26.8 Å². The van der Waals surface area contributed by atoms with Gasteiger partial charge in [0.1, 0.15) is 0 Å². The van der Waals surface area contributed by atoms with E-state index >= 15 is 0 Å². The van der Waals surface area contributed by atoms with Crippen molar-refractivity contribution in [1.82, 2.24) is 0 Å². The van der Waals surface area contributed by atoms with Crippen LogP contribution in [0.4, 0.5) is 13.2 Å². The average molecular weight is 187 g/mol. The van der Waals surface area contributed by atoms with Crippen molar-refractivity contribution >= 4 is 8.25 Å². The first-order chi connectivity index (χ1) is 4.95. The van der Waals surface area contributed by atoms with Crippen molar-refractivity contribution in [2.45, 2.75) is 6.36 Å². The summed E-state index contributed by atoms with van der Waals surface area (Å²) in [5.74, 6) is 1.83. The Balaban J connectivity index is 3.64. The third-order valence-electron chi connectivity index (χ3n) is 0.431. The standard InChI is InChI=1S/C4H3F3O3P/c1-2-3-9-11(8)10-4(5,6)7/h1H,3H2/q+1. The van der Waals surface area contributed by atoms with Crippen LogP contribution in [0.5, 0.6) is 0 Å². The van der Waals surface area contributed by atoms with Crippen molar-refractivity contribution in [3.63, 3.8) is 0 Å². The van der Waals surface area contributed by atoms with E-state index in [0.717, 1.165) is 0 Å². The van der Waals surface area contributed by atoms with Crippen molar-refractivity contribution in [3.05, 3.63) is 0 Å². The molecule has 0 rings (SSSR count). The Morgan fingerprint density at radius 1 is 1.55 bits per heavy atom. The molecule has 0 aromatic rings. The van der Waals surface area contributed by atoms with Gasteiger partial charge in [0.05, 0.1) is 0 Å². The molecule has 0 saturated carbocycles. The lowest BCUT2D eigenvalue weighted by atomic mass is 10.8. The molecule has 3 nitrogen and oxygen atoms in total. The Bertz CT molecular complexity index is 182. The molecule has 0 radical (unpaired) electrons. The molecule has 0 amide bonds. The minimum Gasteiger partial charge on any atom is -0.141 e. The van der Waals surface area contributed by atoms with E-state index in [1.165, 1.54) is 0 Å². The van der Waals surface area contributed by atoms with Gasteiger partial charge in [-0.25, -0.2) is 0 Å². The number of hydrogen-bond donors (Lipinski definition) is 0. The normalized spacial score (nSPS) is 12.4. The van der Waals surface area contributed by atoms with Gasteiger partial charge in [-0.2, -0.15) is 0 Å². The van der Waals surface area contributed by atoms with Crippen molar-refractivity contribution in [2.75, 3.05) is 6.61 Å². The molecule has 1 unspecified atom stereocenters. The fraction of sp³-hybridized carbons (Fsp3) is 0.500. The zero-order valence-corrected chi connectivity index (χ0v) is 5.98. The van der Waals surface area contributed by atoms with Gasteiger partial charge in [-0.3, -0.25) is 0 Å². The quantitative estimate of drug-likeness (QED) is 0.499. The second-order valence-corrected chi connectivity index (χ2v) is 2.13. The van der Waals surface area contributed by atoms with Gasteiger partial charge in [0.25, 0.3) is 0 Å². The maximum atomic E-state index is 11.2. The van der Waals surface area contributed by atoms with E-state index in [0.29, 0.717) is 0 Å². The van der Waals surface area contributed by atoms with Crippen LogP contribution >= 0.6 is 8.25 Å². The molecule has 0 aliphatic rings. The van der Waals surface area contributed by atoms with Crippen LogP contribution in [0.3, 0.4) is 0 Å². The van der Waals surface area contributed by atoms with Crippen molar-refractivity contribution in [1.29, 1.82) is 0 Å². The third kappa shape index (κ3) is 7.26. The number of halogens is 3. The van der Waals surface area contributed by atoms with Gasteiger partial charge < -0.3 is 0 Å². The van der Waals surface area contributed by atoms with Gasteiger partial charge in [-0.15, -0.1) is 24.1 Å². The first-order valence-electron chi connectivity index (χ1n) is 2.25. The Kier molecular flexibility index (Phi) is 4.04. The first-order valence-corrected chi connectivity index (χ1v) is 3.35. The molecule has 0 heterocycles. The third-order valence-corrected chi connectivity index (χ3v) is 1.13. The molecule has 1 atom stereocenters. The summed E-state index contributed by atoms with van der Waals surface area (Å²) in [5, 5.41) is 0. The minimum absolute atomic E-state index is 0.481. The Morgan fingerprint density at radius 3 is 2.45 bits per heavy atom. The van der Waals surface area contributed by atoms with Crippen LogP contribution in [0.1, 0.15) is 0 Å². The molecule has 7 heteroatoms. The SMILES string of the molecule is C#CCO[P+](=O)OC(F)(F)F. The molecule has 11 heavy (non-hydrogen) atoms. The van der Waals surface area contributed by atoms with Crippen LogP contribution in [-0.2, 0) is 13.6 Å². The molecule has 0 aromatic carbocycles. The van der Waals surface area contributed by atoms with E-state index in [1.54, 1.807) is 0 Å². The Hall–Kier alpha value is -0.630. The van der Waals surface area contributed by atoms with Crippen LogP contribution in [0.2, 0.25) is 0 Å². The van der Waals surface area contributed by atoms with Gasteiger partial charge in [-0.1, -0.05) is 5.92 Å². The highest BCUT2D eigenvalue weighted by Crippen LogP contribution is 2.33. The van der Waals surface area contributed by atoms with Gasteiger partial charge in [0, 0.05) is 4.57 Å². The monoisotopic (exact) mass is 187 g/mol. The Labute approximate surface area is 61.4 Å². The minimum atomic E-state index is -4.96. The predicted molar refractivity (Wildman–Crippen MR) is 29.5 cm³/mol. The largest absolute Gasteiger partial charge is 0.707 e. The van der Waals surface area contributed by atoms with Crippen LogP contribution in [0.15, 0.2) is 0 Å². The number of terminal acetylenes is 1. The molecule has 0 N–H and O–H groups in total. The van der Waals surface area contributed by atoms with Gasteiger partial charge >= 0.3 is 14.6 Å². The maximum absolute atomic E-state index is 11.2. The number of hydrogen-bond acceptors (Lipinski definition) is 3. The summed E-state index contributed by atoms with van der Waals surface area (Å²) >= 11 is 0. The van der Waals surface area contributed by atoms with E-state index < -0.39 is 21.2 Å². The van der Waals surface area contributed by atoms with Crippen LogP contribution < -0.4 is 0 Å². The molecule has 0 fully saturated rings. The summed E-state index contributed by atoms with van der Waals surface area (Å²) in [5.41, 5.74) is 0. The van der Waals surface area contributed by atoms with Crippen molar-refractivity contribution in [3.8, 4) is 12.3 Å². The smallest absolute Gasteiger partial charge is 0.141 e. The molecule has 0 spiro atoms. The summed E-state index contributed by atoms with van der Waals surface area (Å²) in [4.78, 5) is 0.